The zero-order chi connectivity index (χ0) is 21.5. The predicted molar refractivity (Wildman–Crippen MR) is 117 cm³/mol. The van der Waals surface area contributed by atoms with Gasteiger partial charge in [-0.3, -0.25) is 9.58 Å². The number of ether oxygens (including phenoxy) is 1. The van der Waals surface area contributed by atoms with E-state index >= 15 is 0 Å². The Morgan fingerprint density at radius 2 is 1.90 bits per heavy atom. The molecule has 1 aromatic carbocycles. The fraction of sp³-hybridized carbons (Fsp3) is 0.545. The van der Waals surface area contributed by atoms with E-state index in [0.29, 0.717) is 26.3 Å². The lowest BCUT2D eigenvalue weighted by atomic mass is 10.0. The fourth-order valence-corrected chi connectivity index (χ4v) is 3.77. The van der Waals surface area contributed by atoms with Gasteiger partial charge in [-0.1, -0.05) is 12.1 Å². The first-order chi connectivity index (χ1) is 14.5. The number of hydrogen-bond donors (Lipinski definition) is 2. The van der Waals surface area contributed by atoms with Crippen molar-refractivity contribution in [2.45, 2.75) is 33.4 Å². The van der Waals surface area contributed by atoms with Crippen molar-refractivity contribution in [3.63, 3.8) is 0 Å². The minimum Gasteiger partial charge on any atom is -0.379 e. The maximum absolute atomic E-state index is 13.5. The van der Waals surface area contributed by atoms with Crippen LogP contribution in [0.15, 0.2) is 29.3 Å². The van der Waals surface area contributed by atoms with Gasteiger partial charge in [0.15, 0.2) is 5.96 Å². The molecular formula is C22H33FN6O. The Morgan fingerprint density at radius 3 is 2.50 bits per heavy atom. The molecule has 1 aliphatic heterocycles. The van der Waals surface area contributed by atoms with Gasteiger partial charge in [0.1, 0.15) is 5.82 Å². The second-order valence-corrected chi connectivity index (χ2v) is 7.56. The molecule has 1 aromatic heterocycles. The third-order valence-electron chi connectivity index (χ3n) is 5.60. The third-order valence-corrected chi connectivity index (χ3v) is 5.60. The van der Waals surface area contributed by atoms with Crippen molar-refractivity contribution in [2.75, 3.05) is 39.4 Å². The summed E-state index contributed by atoms with van der Waals surface area (Å²) >= 11 is 0. The van der Waals surface area contributed by atoms with Crippen LogP contribution in [0.4, 0.5) is 4.39 Å². The summed E-state index contributed by atoms with van der Waals surface area (Å²) in [6.45, 7) is 11.3. The minimum atomic E-state index is -0.218. The topological polar surface area (TPSA) is 66.7 Å². The number of nitrogens with zero attached hydrogens (tertiary/aromatic N) is 4. The minimum absolute atomic E-state index is 0.111. The highest BCUT2D eigenvalue weighted by atomic mass is 19.1. The van der Waals surface area contributed by atoms with Crippen LogP contribution in [0.2, 0.25) is 0 Å². The van der Waals surface area contributed by atoms with E-state index < -0.39 is 0 Å². The van der Waals surface area contributed by atoms with E-state index in [4.69, 9.17) is 9.73 Å². The molecule has 0 saturated carbocycles. The maximum atomic E-state index is 13.5. The summed E-state index contributed by atoms with van der Waals surface area (Å²) in [5, 5.41) is 11.3. The Balaban J connectivity index is 1.73. The number of halogens is 1. The van der Waals surface area contributed by atoms with Gasteiger partial charge in [-0.2, -0.15) is 5.10 Å². The third kappa shape index (κ3) is 5.58. The van der Waals surface area contributed by atoms with Gasteiger partial charge in [-0.15, -0.1) is 0 Å². The van der Waals surface area contributed by atoms with E-state index in [1.165, 1.54) is 12.1 Å². The van der Waals surface area contributed by atoms with Crippen molar-refractivity contribution < 1.29 is 9.13 Å². The number of guanidine groups is 1. The second kappa shape index (κ2) is 10.5. The smallest absolute Gasteiger partial charge is 0.191 e. The first-order valence-corrected chi connectivity index (χ1v) is 10.6. The number of morpholine rings is 1. The quantitative estimate of drug-likeness (QED) is 0.536. The Morgan fingerprint density at radius 1 is 1.20 bits per heavy atom. The number of aliphatic imine (C=N–C) groups is 1. The fourth-order valence-electron chi connectivity index (χ4n) is 3.77. The van der Waals surface area contributed by atoms with Crippen LogP contribution in [0.3, 0.4) is 0 Å². The zero-order valence-electron chi connectivity index (χ0n) is 18.4. The Hall–Kier alpha value is -2.45. The van der Waals surface area contributed by atoms with Crippen molar-refractivity contribution in [2.24, 2.45) is 12.0 Å². The molecule has 0 aliphatic carbocycles. The standard InChI is InChI=1S/C22H33FN6O/c1-5-24-22(25-14-20-16(2)27-28(4)17(20)3)26-15-21(29-10-12-30-13-11-29)18-6-8-19(23)9-7-18/h6-9,21H,5,10-15H2,1-4H3,(H2,24,25,26). The second-order valence-electron chi connectivity index (χ2n) is 7.56. The molecule has 0 amide bonds. The van der Waals surface area contributed by atoms with Crippen LogP contribution in [0.1, 0.15) is 35.5 Å². The maximum Gasteiger partial charge on any atom is 0.191 e. The zero-order valence-corrected chi connectivity index (χ0v) is 18.4. The molecule has 7 nitrogen and oxygen atoms in total. The molecule has 30 heavy (non-hydrogen) atoms. The summed E-state index contributed by atoms with van der Waals surface area (Å²) in [6, 6.07) is 6.89. The number of aryl methyl sites for hydroxylation is 2. The van der Waals surface area contributed by atoms with Gasteiger partial charge >= 0.3 is 0 Å². The number of nitrogens with one attached hydrogen (secondary N) is 2. The molecular weight excluding hydrogens is 383 g/mol. The van der Waals surface area contributed by atoms with Gasteiger partial charge in [-0.25, -0.2) is 9.38 Å². The number of benzene rings is 1. The number of rotatable bonds is 7. The van der Waals surface area contributed by atoms with E-state index in [1.807, 2.05) is 30.8 Å². The van der Waals surface area contributed by atoms with Gasteiger partial charge < -0.3 is 15.4 Å². The van der Waals surface area contributed by atoms with E-state index in [-0.39, 0.29) is 11.9 Å². The summed E-state index contributed by atoms with van der Waals surface area (Å²) < 4.78 is 20.9. The average Bonchev–Trinajstić information content (AvgIpc) is 2.99. The molecule has 164 valence electrons. The Labute approximate surface area is 178 Å². The van der Waals surface area contributed by atoms with Crippen molar-refractivity contribution in [1.82, 2.24) is 25.3 Å². The SMILES string of the molecule is CCNC(=NCc1c(C)nn(C)c1C)NCC(c1ccc(F)cc1)N1CCOCC1. The van der Waals surface area contributed by atoms with Crippen LogP contribution in [0.5, 0.6) is 0 Å². The van der Waals surface area contributed by atoms with E-state index in [9.17, 15) is 4.39 Å². The van der Waals surface area contributed by atoms with Gasteiger partial charge in [0, 0.05) is 44.5 Å². The van der Waals surface area contributed by atoms with E-state index in [1.54, 1.807) is 0 Å². The molecule has 0 radical (unpaired) electrons. The molecule has 0 bridgehead atoms. The van der Waals surface area contributed by atoms with Crippen molar-refractivity contribution in [3.05, 3.63) is 52.6 Å². The van der Waals surface area contributed by atoms with Gasteiger partial charge in [0.25, 0.3) is 0 Å². The molecule has 0 spiro atoms. The highest BCUT2D eigenvalue weighted by molar-refractivity contribution is 5.79. The molecule has 1 unspecified atom stereocenters. The Kier molecular flexibility index (Phi) is 7.81. The highest BCUT2D eigenvalue weighted by Crippen LogP contribution is 2.21. The predicted octanol–water partition coefficient (Wildman–Crippen LogP) is 2.30. The summed E-state index contributed by atoms with van der Waals surface area (Å²) in [4.78, 5) is 7.16. The largest absolute Gasteiger partial charge is 0.379 e. The van der Waals surface area contributed by atoms with Crippen LogP contribution in [0, 0.1) is 19.7 Å². The van der Waals surface area contributed by atoms with Crippen LogP contribution in [0.25, 0.3) is 0 Å². The van der Waals surface area contributed by atoms with Gasteiger partial charge in [0.05, 0.1) is 31.5 Å². The van der Waals surface area contributed by atoms with E-state index in [0.717, 1.165) is 48.1 Å². The van der Waals surface area contributed by atoms with Crippen LogP contribution in [-0.4, -0.2) is 60.0 Å². The van der Waals surface area contributed by atoms with Crippen molar-refractivity contribution >= 4 is 5.96 Å². The average molecular weight is 417 g/mol. The normalized spacial score (nSPS) is 16.5. The highest BCUT2D eigenvalue weighted by Gasteiger charge is 2.23. The Bertz CT molecular complexity index is 842. The number of aromatic nitrogens is 2. The van der Waals surface area contributed by atoms with Crippen LogP contribution < -0.4 is 10.6 Å². The first-order valence-electron chi connectivity index (χ1n) is 10.6. The molecule has 2 N–H and O–H groups in total. The molecule has 2 heterocycles. The van der Waals surface area contributed by atoms with Crippen LogP contribution >= 0.6 is 0 Å². The summed E-state index contributed by atoms with van der Waals surface area (Å²) in [5.74, 6) is 0.546. The summed E-state index contributed by atoms with van der Waals surface area (Å²) in [6.07, 6.45) is 0. The molecule has 1 fully saturated rings. The summed E-state index contributed by atoms with van der Waals surface area (Å²) in [7, 11) is 1.95. The van der Waals surface area contributed by atoms with Gasteiger partial charge in [-0.05, 0) is 38.5 Å². The van der Waals surface area contributed by atoms with Crippen molar-refractivity contribution in [1.29, 1.82) is 0 Å². The van der Waals surface area contributed by atoms with Crippen LogP contribution in [-0.2, 0) is 18.3 Å². The molecule has 8 heteroatoms. The van der Waals surface area contributed by atoms with Crippen molar-refractivity contribution in [3.8, 4) is 0 Å². The lowest BCUT2D eigenvalue weighted by Gasteiger charge is -2.35. The molecule has 1 atom stereocenters. The molecule has 1 saturated heterocycles. The van der Waals surface area contributed by atoms with E-state index in [2.05, 4.69) is 34.5 Å². The van der Waals surface area contributed by atoms with Gasteiger partial charge in [0.2, 0.25) is 0 Å². The monoisotopic (exact) mass is 416 g/mol. The molecule has 2 aromatic rings. The lowest BCUT2D eigenvalue weighted by molar-refractivity contribution is 0.0170. The molecule has 1 aliphatic rings. The first kappa shape index (κ1) is 22.2. The summed E-state index contributed by atoms with van der Waals surface area (Å²) in [5.41, 5.74) is 4.37. The molecule has 3 rings (SSSR count). The lowest BCUT2D eigenvalue weighted by Crippen LogP contribution is -2.46. The number of hydrogen-bond acceptors (Lipinski definition) is 4.